The number of hydrogen-bond acceptors (Lipinski definition) is 3. The third-order valence-corrected chi connectivity index (χ3v) is 4.39. The minimum Gasteiger partial charge on any atom is -0.468 e. The van der Waals surface area contributed by atoms with E-state index in [1.807, 2.05) is 37.3 Å². The highest BCUT2D eigenvalue weighted by Crippen LogP contribution is 2.34. The van der Waals surface area contributed by atoms with Crippen molar-refractivity contribution in [2.24, 2.45) is 5.73 Å². The van der Waals surface area contributed by atoms with Crippen molar-refractivity contribution >= 4 is 23.4 Å². The summed E-state index contributed by atoms with van der Waals surface area (Å²) in [5.74, 6) is 1.78. The van der Waals surface area contributed by atoms with Gasteiger partial charge in [0.25, 0.3) is 0 Å². The van der Waals surface area contributed by atoms with Gasteiger partial charge in [-0.05, 0) is 36.8 Å². The van der Waals surface area contributed by atoms with Gasteiger partial charge in [-0.3, -0.25) is 0 Å². The molecule has 2 atom stereocenters. The van der Waals surface area contributed by atoms with Crippen molar-refractivity contribution < 1.29 is 4.42 Å². The minimum atomic E-state index is 0.0587. The Morgan fingerprint density at radius 1 is 1.33 bits per heavy atom. The molecule has 0 saturated heterocycles. The second kappa shape index (κ2) is 6.32. The summed E-state index contributed by atoms with van der Waals surface area (Å²) in [5, 5.41) is 0.963. The van der Waals surface area contributed by atoms with Crippen molar-refractivity contribution in [1.29, 1.82) is 0 Å². The SMILES string of the molecule is CC(N)C(SCc1ccco1)c1cccc(Cl)c1. The Kier molecular flexibility index (Phi) is 4.75. The summed E-state index contributed by atoms with van der Waals surface area (Å²) in [5.41, 5.74) is 7.22. The molecule has 0 saturated carbocycles. The Labute approximate surface area is 117 Å². The first-order chi connectivity index (χ1) is 8.66. The molecule has 2 unspecified atom stereocenters. The van der Waals surface area contributed by atoms with E-state index in [9.17, 15) is 0 Å². The maximum absolute atomic E-state index is 6.06. The van der Waals surface area contributed by atoms with Crippen LogP contribution in [0, 0.1) is 0 Å². The highest BCUT2D eigenvalue weighted by atomic mass is 35.5. The third-order valence-electron chi connectivity index (χ3n) is 2.64. The van der Waals surface area contributed by atoms with E-state index in [4.69, 9.17) is 21.8 Å². The van der Waals surface area contributed by atoms with Gasteiger partial charge in [0.05, 0.1) is 12.0 Å². The highest BCUT2D eigenvalue weighted by Gasteiger charge is 2.17. The van der Waals surface area contributed by atoms with E-state index in [-0.39, 0.29) is 11.3 Å². The number of nitrogens with two attached hydrogens (primary N) is 1. The van der Waals surface area contributed by atoms with Gasteiger partial charge in [0, 0.05) is 16.3 Å². The van der Waals surface area contributed by atoms with Crippen LogP contribution in [0.3, 0.4) is 0 Å². The standard InChI is InChI=1S/C14H16ClNOS/c1-10(16)14(11-4-2-5-12(15)8-11)18-9-13-6-3-7-17-13/h2-8,10,14H,9,16H2,1H3. The molecule has 0 spiro atoms. The molecule has 0 aliphatic carbocycles. The molecule has 4 heteroatoms. The van der Waals surface area contributed by atoms with Gasteiger partial charge in [0.15, 0.2) is 0 Å². The summed E-state index contributed by atoms with van der Waals surface area (Å²) in [6.45, 7) is 2.01. The number of thioether (sulfide) groups is 1. The molecule has 0 radical (unpaired) electrons. The van der Waals surface area contributed by atoms with Crippen LogP contribution in [-0.2, 0) is 5.75 Å². The monoisotopic (exact) mass is 281 g/mol. The van der Waals surface area contributed by atoms with Crippen molar-refractivity contribution in [1.82, 2.24) is 0 Å². The predicted molar refractivity (Wildman–Crippen MR) is 77.8 cm³/mol. The average molecular weight is 282 g/mol. The van der Waals surface area contributed by atoms with Gasteiger partial charge in [-0.1, -0.05) is 23.7 Å². The lowest BCUT2D eigenvalue weighted by molar-refractivity contribution is 0.530. The van der Waals surface area contributed by atoms with Gasteiger partial charge in [-0.25, -0.2) is 0 Å². The number of benzene rings is 1. The van der Waals surface area contributed by atoms with Gasteiger partial charge in [-0.2, -0.15) is 0 Å². The summed E-state index contributed by atoms with van der Waals surface area (Å²) in [7, 11) is 0. The first-order valence-corrected chi connectivity index (χ1v) is 7.24. The quantitative estimate of drug-likeness (QED) is 0.890. The largest absolute Gasteiger partial charge is 0.468 e. The fourth-order valence-electron chi connectivity index (χ4n) is 1.80. The van der Waals surface area contributed by atoms with Crippen LogP contribution < -0.4 is 5.73 Å². The maximum Gasteiger partial charge on any atom is 0.113 e. The summed E-state index contributed by atoms with van der Waals surface area (Å²) >= 11 is 7.80. The van der Waals surface area contributed by atoms with Crippen molar-refractivity contribution in [3.8, 4) is 0 Å². The van der Waals surface area contributed by atoms with Gasteiger partial charge < -0.3 is 10.2 Å². The molecule has 0 fully saturated rings. The normalized spacial score (nSPS) is 14.4. The topological polar surface area (TPSA) is 39.2 Å². The van der Waals surface area contributed by atoms with E-state index < -0.39 is 0 Å². The Morgan fingerprint density at radius 2 is 2.17 bits per heavy atom. The predicted octanol–water partition coefficient (Wildman–Crippen LogP) is 4.25. The van der Waals surface area contributed by atoms with E-state index in [1.165, 1.54) is 0 Å². The van der Waals surface area contributed by atoms with Crippen LogP contribution in [0.25, 0.3) is 0 Å². The molecule has 2 aromatic rings. The smallest absolute Gasteiger partial charge is 0.113 e. The van der Waals surface area contributed by atoms with E-state index >= 15 is 0 Å². The third kappa shape index (κ3) is 3.55. The number of furan rings is 1. The van der Waals surface area contributed by atoms with Crippen LogP contribution in [0.4, 0.5) is 0 Å². The molecule has 1 heterocycles. The molecular formula is C14H16ClNOS. The zero-order valence-electron chi connectivity index (χ0n) is 10.2. The molecule has 2 nitrogen and oxygen atoms in total. The zero-order valence-corrected chi connectivity index (χ0v) is 11.7. The van der Waals surface area contributed by atoms with E-state index in [1.54, 1.807) is 18.0 Å². The lowest BCUT2D eigenvalue weighted by Gasteiger charge is -2.20. The number of hydrogen-bond donors (Lipinski definition) is 1. The summed E-state index contributed by atoms with van der Waals surface area (Å²) < 4.78 is 5.34. The number of rotatable bonds is 5. The van der Waals surface area contributed by atoms with Crippen LogP contribution in [0.15, 0.2) is 47.1 Å². The van der Waals surface area contributed by atoms with E-state index in [2.05, 4.69) is 6.07 Å². The molecular weight excluding hydrogens is 266 g/mol. The molecule has 1 aromatic carbocycles. The van der Waals surface area contributed by atoms with Crippen molar-refractivity contribution in [3.63, 3.8) is 0 Å². The molecule has 96 valence electrons. The molecule has 0 amide bonds. The fourth-order valence-corrected chi connectivity index (χ4v) is 3.15. The molecule has 2 rings (SSSR count). The van der Waals surface area contributed by atoms with Crippen LogP contribution in [0.2, 0.25) is 5.02 Å². The molecule has 1 aromatic heterocycles. The zero-order chi connectivity index (χ0) is 13.0. The molecule has 0 aliphatic heterocycles. The molecule has 0 bridgehead atoms. The average Bonchev–Trinajstić information content (AvgIpc) is 2.82. The summed E-state index contributed by atoms with van der Waals surface area (Å²) in [6, 6.07) is 11.8. The lowest BCUT2D eigenvalue weighted by atomic mass is 10.1. The first kappa shape index (κ1) is 13.5. The lowest BCUT2D eigenvalue weighted by Crippen LogP contribution is -2.22. The van der Waals surface area contributed by atoms with Crippen molar-refractivity contribution in [3.05, 3.63) is 59.0 Å². The molecule has 2 N–H and O–H groups in total. The van der Waals surface area contributed by atoms with E-state index in [0.29, 0.717) is 0 Å². The van der Waals surface area contributed by atoms with Gasteiger partial charge in [0.1, 0.15) is 5.76 Å². The van der Waals surface area contributed by atoms with E-state index in [0.717, 1.165) is 22.1 Å². The fraction of sp³-hybridized carbons (Fsp3) is 0.286. The second-order valence-electron chi connectivity index (χ2n) is 4.23. The Bertz CT molecular complexity index is 484. The van der Waals surface area contributed by atoms with Crippen LogP contribution >= 0.6 is 23.4 Å². The Balaban J connectivity index is 2.08. The van der Waals surface area contributed by atoms with Gasteiger partial charge in [-0.15, -0.1) is 11.8 Å². The second-order valence-corrected chi connectivity index (χ2v) is 5.79. The molecule has 0 aliphatic rings. The minimum absolute atomic E-state index is 0.0587. The Hall–Kier alpha value is -0.900. The maximum atomic E-state index is 6.06. The summed E-state index contributed by atoms with van der Waals surface area (Å²) in [6.07, 6.45) is 1.69. The van der Waals surface area contributed by atoms with Crippen molar-refractivity contribution in [2.75, 3.05) is 0 Å². The van der Waals surface area contributed by atoms with Crippen LogP contribution in [0.1, 0.15) is 23.5 Å². The van der Waals surface area contributed by atoms with Crippen LogP contribution in [-0.4, -0.2) is 6.04 Å². The van der Waals surface area contributed by atoms with Crippen LogP contribution in [0.5, 0.6) is 0 Å². The van der Waals surface area contributed by atoms with Crippen molar-refractivity contribution in [2.45, 2.75) is 24.0 Å². The first-order valence-electron chi connectivity index (χ1n) is 5.82. The number of halogens is 1. The van der Waals surface area contributed by atoms with Gasteiger partial charge >= 0.3 is 0 Å². The molecule has 18 heavy (non-hydrogen) atoms. The Morgan fingerprint density at radius 3 is 2.78 bits per heavy atom. The van der Waals surface area contributed by atoms with Gasteiger partial charge in [0.2, 0.25) is 0 Å². The summed E-state index contributed by atoms with van der Waals surface area (Å²) in [4.78, 5) is 0. The highest BCUT2D eigenvalue weighted by molar-refractivity contribution is 7.98.